The Bertz CT molecular complexity index is 1070. The van der Waals surface area contributed by atoms with Gasteiger partial charge in [0.05, 0.1) is 4.90 Å². The molecule has 28 heavy (non-hydrogen) atoms. The van der Waals surface area contributed by atoms with Crippen molar-refractivity contribution in [2.45, 2.75) is 17.7 Å². The molecule has 1 aliphatic rings. The molecule has 146 valence electrons. The third kappa shape index (κ3) is 5.26. The molecule has 0 saturated heterocycles. The van der Waals surface area contributed by atoms with E-state index in [1.807, 2.05) is 0 Å². The zero-order valence-corrected chi connectivity index (χ0v) is 17.1. The van der Waals surface area contributed by atoms with Gasteiger partial charge in [-0.2, -0.15) is 0 Å². The predicted molar refractivity (Wildman–Crippen MR) is 110 cm³/mol. The second kappa shape index (κ2) is 8.66. The van der Waals surface area contributed by atoms with Crippen molar-refractivity contribution in [1.82, 2.24) is 4.72 Å². The van der Waals surface area contributed by atoms with Gasteiger partial charge in [-0.3, -0.25) is 14.5 Å². The van der Waals surface area contributed by atoms with E-state index in [1.165, 1.54) is 36.4 Å². The number of hydrogen-bond donors (Lipinski definition) is 2. The summed E-state index contributed by atoms with van der Waals surface area (Å²) in [6, 6.07) is 10.3. The minimum atomic E-state index is -3.77. The Hall–Kier alpha value is -2.52. The summed E-state index contributed by atoms with van der Waals surface area (Å²) in [6.07, 6.45) is 3.93. The number of benzene rings is 2. The SMILES string of the molecule is O=C(/C=C/c1cc(Br)ccc1F)Nc1cccc(S(=O)(=O)NC2=NCCC2)c1. The van der Waals surface area contributed by atoms with Crippen molar-refractivity contribution in [3.8, 4) is 0 Å². The largest absolute Gasteiger partial charge is 0.322 e. The van der Waals surface area contributed by atoms with Gasteiger partial charge in [0, 0.05) is 34.8 Å². The molecular weight excluding hydrogens is 449 g/mol. The van der Waals surface area contributed by atoms with Crippen LogP contribution in [0, 0.1) is 5.82 Å². The molecule has 2 aromatic carbocycles. The fraction of sp³-hybridized carbons (Fsp3) is 0.158. The molecule has 1 aliphatic heterocycles. The molecule has 2 aromatic rings. The minimum absolute atomic E-state index is 0.0157. The number of amides is 1. The van der Waals surface area contributed by atoms with E-state index in [0.717, 1.165) is 6.42 Å². The third-order valence-corrected chi connectivity index (χ3v) is 5.78. The fourth-order valence-corrected chi connectivity index (χ4v) is 4.08. The number of carbonyl (C=O) groups is 1. The van der Waals surface area contributed by atoms with Gasteiger partial charge in [0.15, 0.2) is 0 Å². The average Bonchev–Trinajstić information content (AvgIpc) is 3.15. The molecule has 0 saturated carbocycles. The molecule has 0 spiro atoms. The highest BCUT2D eigenvalue weighted by Gasteiger charge is 2.18. The first kappa shape index (κ1) is 20.2. The smallest absolute Gasteiger partial charge is 0.262 e. The molecule has 2 N–H and O–H groups in total. The molecule has 1 amide bonds. The van der Waals surface area contributed by atoms with Crippen LogP contribution in [0.1, 0.15) is 18.4 Å². The highest BCUT2D eigenvalue weighted by atomic mass is 79.9. The lowest BCUT2D eigenvalue weighted by atomic mass is 10.2. The number of sulfonamides is 1. The summed E-state index contributed by atoms with van der Waals surface area (Å²) < 4.78 is 41.7. The van der Waals surface area contributed by atoms with E-state index in [9.17, 15) is 17.6 Å². The van der Waals surface area contributed by atoms with Crippen molar-refractivity contribution in [2.75, 3.05) is 11.9 Å². The molecule has 0 aliphatic carbocycles. The van der Waals surface area contributed by atoms with Crippen LogP contribution in [-0.4, -0.2) is 26.7 Å². The number of aliphatic imine (C=N–C) groups is 1. The van der Waals surface area contributed by atoms with Crippen LogP contribution in [0.5, 0.6) is 0 Å². The molecule has 9 heteroatoms. The maximum Gasteiger partial charge on any atom is 0.262 e. The lowest BCUT2D eigenvalue weighted by Gasteiger charge is -2.09. The maximum absolute atomic E-state index is 13.7. The molecular formula is C19H17BrFN3O3S. The van der Waals surface area contributed by atoms with Crippen LogP contribution in [0.4, 0.5) is 10.1 Å². The first-order valence-electron chi connectivity index (χ1n) is 8.44. The summed E-state index contributed by atoms with van der Waals surface area (Å²) in [6.45, 7) is 0.610. The molecule has 0 unspecified atom stereocenters. The van der Waals surface area contributed by atoms with Crippen LogP contribution in [0.25, 0.3) is 6.08 Å². The van der Waals surface area contributed by atoms with Gasteiger partial charge in [0.25, 0.3) is 10.0 Å². The molecule has 3 rings (SSSR count). The standard InChI is InChI=1S/C19H17BrFN3O3S/c20-14-7-8-17(21)13(11-14)6-9-19(25)23-15-3-1-4-16(12-15)28(26,27)24-18-5-2-10-22-18/h1,3-4,6-9,11-12H,2,5,10H2,(H,22,24)(H,23,25)/b9-6+. The molecule has 1 heterocycles. The second-order valence-corrected chi connectivity index (χ2v) is 8.65. The lowest BCUT2D eigenvalue weighted by molar-refractivity contribution is -0.111. The Balaban J connectivity index is 1.71. The Morgan fingerprint density at radius 1 is 1.21 bits per heavy atom. The van der Waals surface area contributed by atoms with E-state index in [0.29, 0.717) is 29.0 Å². The lowest BCUT2D eigenvalue weighted by Crippen LogP contribution is -2.29. The van der Waals surface area contributed by atoms with Crippen LogP contribution < -0.4 is 10.0 Å². The monoisotopic (exact) mass is 465 g/mol. The zero-order valence-electron chi connectivity index (χ0n) is 14.7. The van der Waals surface area contributed by atoms with Crippen molar-refractivity contribution >= 4 is 49.5 Å². The number of anilines is 1. The van der Waals surface area contributed by atoms with Gasteiger partial charge in [-0.1, -0.05) is 22.0 Å². The van der Waals surface area contributed by atoms with Gasteiger partial charge in [-0.15, -0.1) is 0 Å². The van der Waals surface area contributed by atoms with Gasteiger partial charge >= 0.3 is 0 Å². The number of carbonyl (C=O) groups excluding carboxylic acids is 1. The van der Waals surface area contributed by atoms with E-state index < -0.39 is 21.7 Å². The van der Waals surface area contributed by atoms with E-state index >= 15 is 0 Å². The number of halogens is 2. The minimum Gasteiger partial charge on any atom is -0.322 e. The molecule has 0 bridgehead atoms. The van der Waals surface area contributed by atoms with Crippen LogP contribution in [0.2, 0.25) is 0 Å². The third-order valence-electron chi connectivity index (χ3n) is 3.91. The Morgan fingerprint density at radius 2 is 2.04 bits per heavy atom. The Kier molecular flexibility index (Phi) is 6.25. The average molecular weight is 466 g/mol. The first-order chi connectivity index (χ1) is 13.3. The van der Waals surface area contributed by atoms with Gasteiger partial charge in [0.1, 0.15) is 11.7 Å². The van der Waals surface area contributed by atoms with Crippen LogP contribution in [0.3, 0.4) is 0 Å². The van der Waals surface area contributed by atoms with Crippen molar-refractivity contribution in [3.63, 3.8) is 0 Å². The summed E-state index contributed by atoms with van der Waals surface area (Å²) in [5.41, 5.74) is 0.558. The quantitative estimate of drug-likeness (QED) is 0.659. The molecule has 0 radical (unpaired) electrons. The van der Waals surface area contributed by atoms with E-state index in [1.54, 1.807) is 18.2 Å². The second-order valence-electron chi connectivity index (χ2n) is 6.05. The number of hydrogen-bond acceptors (Lipinski definition) is 4. The summed E-state index contributed by atoms with van der Waals surface area (Å²) in [7, 11) is -3.77. The summed E-state index contributed by atoms with van der Waals surface area (Å²) in [4.78, 5) is 16.2. The topological polar surface area (TPSA) is 87.6 Å². The van der Waals surface area contributed by atoms with Crippen molar-refractivity contribution < 1.29 is 17.6 Å². The maximum atomic E-state index is 13.7. The molecule has 0 aromatic heterocycles. The van der Waals surface area contributed by atoms with Gasteiger partial charge < -0.3 is 5.32 Å². The molecule has 6 nitrogen and oxygen atoms in total. The molecule has 0 atom stereocenters. The molecule has 0 fully saturated rings. The van der Waals surface area contributed by atoms with Crippen molar-refractivity contribution in [2.24, 2.45) is 4.99 Å². The zero-order chi connectivity index (χ0) is 20.1. The summed E-state index contributed by atoms with van der Waals surface area (Å²) in [5.74, 6) is -0.531. The Labute approximate surface area is 170 Å². The summed E-state index contributed by atoms with van der Waals surface area (Å²) in [5, 5.41) is 2.57. The van der Waals surface area contributed by atoms with Gasteiger partial charge in [-0.05, 0) is 48.9 Å². The highest BCUT2D eigenvalue weighted by molar-refractivity contribution is 9.10. The van der Waals surface area contributed by atoms with E-state index in [2.05, 4.69) is 31.0 Å². The first-order valence-corrected chi connectivity index (χ1v) is 10.7. The number of nitrogens with zero attached hydrogens (tertiary/aromatic N) is 1. The van der Waals surface area contributed by atoms with Gasteiger partial charge in [0.2, 0.25) is 5.91 Å². The van der Waals surface area contributed by atoms with E-state index in [-0.39, 0.29) is 10.5 Å². The van der Waals surface area contributed by atoms with Crippen LogP contribution in [-0.2, 0) is 14.8 Å². The van der Waals surface area contributed by atoms with Crippen molar-refractivity contribution in [3.05, 3.63) is 64.4 Å². The van der Waals surface area contributed by atoms with Crippen LogP contribution >= 0.6 is 15.9 Å². The predicted octanol–water partition coefficient (Wildman–Crippen LogP) is 3.71. The fourth-order valence-electron chi connectivity index (χ4n) is 2.57. The van der Waals surface area contributed by atoms with Crippen LogP contribution in [0.15, 0.2) is 62.9 Å². The van der Waals surface area contributed by atoms with E-state index in [4.69, 9.17) is 0 Å². The normalized spacial score (nSPS) is 14.1. The highest BCUT2D eigenvalue weighted by Crippen LogP contribution is 2.18. The summed E-state index contributed by atoms with van der Waals surface area (Å²) >= 11 is 3.24. The Morgan fingerprint density at radius 3 is 2.79 bits per heavy atom. The van der Waals surface area contributed by atoms with Gasteiger partial charge in [-0.25, -0.2) is 12.8 Å². The number of nitrogens with one attached hydrogen (secondary N) is 2. The number of rotatable bonds is 5. The van der Waals surface area contributed by atoms with Crippen molar-refractivity contribution in [1.29, 1.82) is 0 Å². The number of amidine groups is 1.